The molecular weight excluding hydrogens is 522 g/mol. The smallest absolute Gasteiger partial charge is 0.416 e. The van der Waals surface area contributed by atoms with Gasteiger partial charge < -0.3 is 15.0 Å². The van der Waals surface area contributed by atoms with E-state index < -0.39 is 11.7 Å². The van der Waals surface area contributed by atoms with Gasteiger partial charge in [0.25, 0.3) is 0 Å². The van der Waals surface area contributed by atoms with Crippen molar-refractivity contribution < 1.29 is 22.7 Å². The summed E-state index contributed by atoms with van der Waals surface area (Å²) in [5.41, 5.74) is -0.190. The van der Waals surface area contributed by atoms with Crippen LogP contribution in [0.4, 0.5) is 13.2 Å². The predicted molar refractivity (Wildman–Crippen MR) is 125 cm³/mol. The zero-order valence-electron chi connectivity index (χ0n) is 18.0. The van der Waals surface area contributed by atoms with Crippen molar-refractivity contribution in [2.45, 2.75) is 50.1 Å². The summed E-state index contributed by atoms with van der Waals surface area (Å²) in [6, 6.07) is 5.75. The maximum Gasteiger partial charge on any atom is 0.416 e. The van der Waals surface area contributed by atoms with Gasteiger partial charge in [-0.15, -0.1) is 24.0 Å². The number of methoxy groups -OCH3 is 1. The van der Waals surface area contributed by atoms with Gasteiger partial charge >= 0.3 is 12.1 Å². The van der Waals surface area contributed by atoms with Crippen LogP contribution in [0.5, 0.6) is 0 Å². The highest BCUT2D eigenvalue weighted by molar-refractivity contribution is 14.0. The van der Waals surface area contributed by atoms with Crippen LogP contribution in [0.2, 0.25) is 0 Å². The first kappa shape index (κ1) is 25.7. The number of carbonyl (C=O) groups excluding carboxylic acids is 1. The summed E-state index contributed by atoms with van der Waals surface area (Å²) in [6.07, 6.45) is 0.759. The lowest BCUT2D eigenvalue weighted by molar-refractivity contribution is -0.146. The van der Waals surface area contributed by atoms with Crippen LogP contribution in [-0.4, -0.2) is 50.6 Å². The zero-order valence-corrected chi connectivity index (χ0v) is 20.3. The minimum atomic E-state index is -4.34. The average Bonchev–Trinajstić information content (AvgIpc) is 3.24. The van der Waals surface area contributed by atoms with Crippen molar-refractivity contribution in [3.8, 4) is 0 Å². The number of nitrogens with one attached hydrogen (secondary N) is 1. The Morgan fingerprint density at radius 1 is 1.26 bits per heavy atom. The average molecular weight is 553 g/mol. The first-order valence-electron chi connectivity index (χ1n) is 10.5. The Morgan fingerprint density at radius 3 is 2.45 bits per heavy atom. The molecule has 0 aromatic heterocycles. The fraction of sp³-hybridized carbons (Fsp3) is 0.636. The number of nitrogens with zero attached hydrogens (tertiary/aromatic N) is 2. The molecule has 0 radical (unpaired) electrons. The first-order valence-corrected chi connectivity index (χ1v) is 10.5. The molecule has 0 amide bonds. The molecule has 1 aromatic rings. The van der Waals surface area contributed by atoms with Gasteiger partial charge in [-0.25, -0.2) is 0 Å². The van der Waals surface area contributed by atoms with Crippen molar-refractivity contribution in [1.82, 2.24) is 10.2 Å². The number of esters is 1. The van der Waals surface area contributed by atoms with Crippen molar-refractivity contribution in [2.75, 3.05) is 33.8 Å². The third-order valence-electron chi connectivity index (χ3n) is 6.49. The van der Waals surface area contributed by atoms with E-state index in [0.717, 1.165) is 43.3 Å². The molecule has 9 heteroatoms. The third kappa shape index (κ3) is 6.04. The summed E-state index contributed by atoms with van der Waals surface area (Å²) in [6.45, 7) is 1.92. The Balaban J connectivity index is 0.00000341. The zero-order chi connectivity index (χ0) is 21.8. The highest BCUT2D eigenvalue weighted by Crippen LogP contribution is 2.42. The summed E-state index contributed by atoms with van der Waals surface area (Å²) in [5.74, 6) is 0.472. The standard InChI is InChI=1S/C22H30F3N3O2.HI/c1-26-20(28-12-8-16(9-13-28)19(29)30-2)27-15-21(10-3-4-11-21)17-6-5-7-18(14-17)22(23,24)25;/h5-7,14,16H,3-4,8-13,15H2,1-2H3,(H,26,27);1H. The molecule has 1 N–H and O–H groups in total. The van der Waals surface area contributed by atoms with Crippen LogP contribution in [0.15, 0.2) is 29.3 Å². The maximum atomic E-state index is 13.2. The lowest BCUT2D eigenvalue weighted by Gasteiger charge is -2.36. The van der Waals surface area contributed by atoms with E-state index >= 15 is 0 Å². The molecule has 3 rings (SSSR count). The Morgan fingerprint density at radius 2 is 1.90 bits per heavy atom. The summed E-state index contributed by atoms with van der Waals surface area (Å²) >= 11 is 0. The number of aliphatic imine (C=N–C) groups is 1. The third-order valence-corrected chi connectivity index (χ3v) is 6.49. The molecule has 1 saturated carbocycles. The topological polar surface area (TPSA) is 53.9 Å². The quantitative estimate of drug-likeness (QED) is 0.257. The number of likely N-dealkylation sites (tertiary alicyclic amines) is 1. The molecule has 2 aliphatic rings. The monoisotopic (exact) mass is 553 g/mol. The molecule has 0 atom stereocenters. The number of rotatable bonds is 4. The van der Waals surface area contributed by atoms with Crippen LogP contribution < -0.4 is 5.32 Å². The van der Waals surface area contributed by atoms with Crippen LogP contribution in [0.1, 0.15) is 49.7 Å². The number of hydrogen-bond donors (Lipinski definition) is 1. The number of benzene rings is 1. The van der Waals surface area contributed by atoms with Crippen LogP contribution >= 0.6 is 24.0 Å². The van der Waals surface area contributed by atoms with Crippen molar-refractivity contribution >= 4 is 35.9 Å². The predicted octanol–water partition coefficient (Wildman–Crippen LogP) is 4.60. The number of carbonyl (C=O) groups is 1. The molecule has 0 spiro atoms. The Labute approximate surface area is 198 Å². The number of alkyl halides is 3. The van der Waals surface area contributed by atoms with Crippen LogP contribution in [0, 0.1) is 5.92 Å². The van der Waals surface area contributed by atoms with Crippen molar-refractivity contribution in [1.29, 1.82) is 0 Å². The number of hydrogen-bond acceptors (Lipinski definition) is 3. The first-order chi connectivity index (χ1) is 14.3. The van der Waals surface area contributed by atoms with Gasteiger partial charge in [0.1, 0.15) is 0 Å². The Kier molecular flexibility index (Phi) is 9.03. The van der Waals surface area contributed by atoms with Gasteiger partial charge in [-0.2, -0.15) is 13.2 Å². The van der Waals surface area contributed by atoms with E-state index in [9.17, 15) is 18.0 Å². The highest BCUT2D eigenvalue weighted by Gasteiger charge is 2.38. The molecule has 1 heterocycles. The van der Waals surface area contributed by atoms with Crippen LogP contribution in [0.25, 0.3) is 0 Å². The fourth-order valence-electron chi connectivity index (χ4n) is 4.72. The van der Waals surface area contributed by atoms with Crippen molar-refractivity contribution in [3.05, 3.63) is 35.4 Å². The molecule has 31 heavy (non-hydrogen) atoms. The van der Waals surface area contributed by atoms with Crippen LogP contribution in [0.3, 0.4) is 0 Å². The van der Waals surface area contributed by atoms with Crippen molar-refractivity contribution in [2.24, 2.45) is 10.9 Å². The molecule has 174 valence electrons. The van der Waals surface area contributed by atoms with Gasteiger partial charge in [0.05, 0.1) is 18.6 Å². The van der Waals surface area contributed by atoms with Gasteiger partial charge in [0.2, 0.25) is 0 Å². The normalized spacial score (nSPS) is 19.6. The number of piperidine rings is 1. The molecule has 0 bridgehead atoms. The molecular formula is C22H31F3IN3O2. The minimum Gasteiger partial charge on any atom is -0.469 e. The lowest BCUT2D eigenvalue weighted by Crippen LogP contribution is -2.49. The molecule has 1 aliphatic heterocycles. The second-order valence-corrected chi connectivity index (χ2v) is 8.25. The SMILES string of the molecule is CN=C(NCC1(c2cccc(C(F)(F)F)c2)CCCC1)N1CCC(C(=O)OC)CC1.I. The summed E-state index contributed by atoms with van der Waals surface area (Å²) in [5, 5.41) is 3.42. The molecule has 1 aliphatic carbocycles. The van der Waals surface area contributed by atoms with E-state index in [4.69, 9.17) is 4.74 Å². The molecule has 1 saturated heterocycles. The van der Waals surface area contributed by atoms with E-state index in [1.807, 2.05) is 6.07 Å². The number of guanidine groups is 1. The van der Waals surface area contributed by atoms with Gasteiger partial charge in [-0.05, 0) is 37.3 Å². The second-order valence-electron chi connectivity index (χ2n) is 8.25. The van der Waals surface area contributed by atoms with E-state index in [0.29, 0.717) is 32.5 Å². The lowest BCUT2D eigenvalue weighted by atomic mass is 9.78. The maximum absolute atomic E-state index is 13.2. The molecule has 0 unspecified atom stereocenters. The summed E-state index contributed by atoms with van der Waals surface area (Å²) < 4.78 is 44.5. The van der Waals surface area contributed by atoms with Gasteiger partial charge in [0.15, 0.2) is 5.96 Å². The fourth-order valence-corrected chi connectivity index (χ4v) is 4.72. The van der Waals surface area contributed by atoms with E-state index in [-0.39, 0.29) is 41.3 Å². The number of halogens is 4. The van der Waals surface area contributed by atoms with Gasteiger partial charge in [-0.1, -0.05) is 31.0 Å². The van der Waals surface area contributed by atoms with E-state index in [1.54, 1.807) is 7.05 Å². The second kappa shape index (κ2) is 10.9. The largest absolute Gasteiger partial charge is 0.469 e. The molecule has 1 aromatic carbocycles. The van der Waals surface area contributed by atoms with E-state index in [1.165, 1.54) is 19.2 Å². The Hall–Kier alpha value is -1.52. The van der Waals surface area contributed by atoms with Crippen LogP contribution in [-0.2, 0) is 21.1 Å². The molecule has 5 nitrogen and oxygen atoms in total. The molecule has 2 fully saturated rings. The summed E-state index contributed by atoms with van der Waals surface area (Å²) in [7, 11) is 3.12. The van der Waals surface area contributed by atoms with E-state index in [2.05, 4.69) is 15.2 Å². The number of ether oxygens (including phenoxy) is 1. The highest BCUT2D eigenvalue weighted by atomic mass is 127. The minimum absolute atomic E-state index is 0. The van der Waals surface area contributed by atoms with Gasteiger partial charge in [0, 0.05) is 32.1 Å². The van der Waals surface area contributed by atoms with Crippen molar-refractivity contribution in [3.63, 3.8) is 0 Å². The Bertz CT molecular complexity index is 772. The summed E-state index contributed by atoms with van der Waals surface area (Å²) in [4.78, 5) is 18.2. The van der Waals surface area contributed by atoms with Gasteiger partial charge in [-0.3, -0.25) is 9.79 Å².